The molecule has 2 aromatic rings. The Bertz CT molecular complexity index is 667. The van der Waals surface area contributed by atoms with Crippen molar-refractivity contribution in [3.8, 4) is 17.0 Å². The van der Waals surface area contributed by atoms with Gasteiger partial charge in [0.2, 0.25) is 0 Å². The van der Waals surface area contributed by atoms with Gasteiger partial charge in [0.1, 0.15) is 5.75 Å². The fourth-order valence-electron chi connectivity index (χ4n) is 2.62. The van der Waals surface area contributed by atoms with E-state index >= 15 is 0 Å². The highest BCUT2D eigenvalue weighted by atomic mass is 16.5. The number of nitrogens with one attached hydrogen (secondary N) is 1. The van der Waals surface area contributed by atoms with Crippen molar-refractivity contribution in [2.45, 2.75) is 33.6 Å². The average molecular weight is 283 g/mol. The molecule has 1 aromatic heterocycles. The molecule has 21 heavy (non-hydrogen) atoms. The van der Waals surface area contributed by atoms with Crippen molar-refractivity contribution in [3.63, 3.8) is 0 Å². The maximum absolute atomic E-state index is 5.56. The molecule has 4 heteroatoms. The maximum Gasteiger partial charge on any atom is 0.151 e. The molecule has 0 bridgehead atoms. The molecule has 1 N–H and O–H groups in total. The van der Waals surface area contributed by atoms with E-state index in [2.05, 4.69) is 48.4 Å². The predicted octanol–water partition coefficient (Wildman–Crippen LogP) is 3.52. The van der Waals surface area contributed by atoms with Crippen LogP contribution in [0.5, 0.6) is 5.75 Å². The molecule has 3 rings (SSSR count). The van der Waals surface area contributed by atoms with Gasteiger partial charge in [0.15, 0.2) is 5.82 Å². The van der Waals surface area contributed by atoms with E-state index in [1.54, 1.807) is 0 Å². The summed E-state index contributed by atoms with van der Waals surface area (Å²) in [6.07, 6.45) is 2.05. The Balaban J connectivity index is 1.97. The van der Waals surface area contributed by atoms with Crippen LogP contribution in [0.1, 0.15) is 30.0 Å². The van der Waals surface area contributed by atoms with E-state index in [0.717, 1.165) is 48.8 Å². The monoisotopic (exact) mass is 283 g/mol. The Labute approximate surface area is 125 Å². The smallest absolute Gasteiger partial charge is 0.151 e. The average Bonchev–Trinajstić information content (AvgIpc) is 2.96. The molecule has 110 valence electrons. The van der Waals surface area contributed by atoms with E-state index < -0.39 is 0 Å². The van der Waals surface area contributed by atoms with Crippen LogP contribution in [0.25, 0.3) is 11.3 Å². The van der Waals surface area contributed by atoms with Gasteiger partial charge >= 0.3 is 0 Å². The highest BCUT2D eigenvalue weighted by Crippen LogP contribution is 2.32. The second-order valence-corrected chi connectivity index (χ2v) is 5.49. The first-order valence-corrected chi connectivity index (χ1v) is 7.54. The van der Waals surface area contributed by atoms with Gasteiger partial charge in [-0.15, -0.1) is 10.2 Å². The number of hydrogen-bond donors (Lipinski definition) is 1. The van der Waals surface area contributed by atoms with Crippen molar-refractivity contribution >= 4 is 5.82 Å². The number of ether oxygens (including phenoxy) is 1. The molecule has 0 fully saturated rings. The van der Waals surface area contributed by atoms with Crippen LogP contribution in [-0.2, 0) is 6.42 Å². The summed E-state index contributed by atoms with van der Waals surface area (Å²) in [5, 5.41) is 12.1. The van der Waals surface area contributed by atoms with E-state index in [-0.39, 0.29) is 0 Å². The van der Waals surface area contributed by atoms with Crippen LogP contribution in [0.4, 0.5) is 5.82 Å². The van der Waals surface area contributed by atoms with Gasteiger partial charge in [0, 0.05) is 18.5 Å². The van der Waals surface area contributed by atoms with E-state index in [0.29, 0.717) is 0 Å². The lowest BCUT2D eigenvalue weighted by atomic mass is 10.0. The molecule has 0 spiro atoms. The Hall–Kier alpha value is -2.10. The van der Waals surface area contributed by atoms with Gasteiger partial charge in [-0.25, -0.2) is 0 Å². The van der Waals surface area contributed by atoms with Gasteiger partial charge in [-0.1, -0.05) is 6.92 Å². The lowest BCUT2D eigenvalue weighted by Gasteiger charge is -2.13. The lowest BCUT2D eigenvalue weighted by molar-refractivity contribution is 0.357. The van der Waals surface area contributed by atoms with Gasteiger partial charge in [-0.2, -0.15) is 0 Å². The van der Waals surface area contributed by atoms with Gasteiger partial charge < -0.3 is 10.1 Å². The minimum absolute atomic E-state index is 0.780. The first-order valence-electron chi connectivity index (χ1n) is 7.54. The van der Waals surface area contributed by atoms with Crippen LogP contribution in [0.3, 0.4) is 0 Å². The topological polar surface area (TPSA) is 47.0 Å². The first-order chi connectivity index (χ1) is 10.2. The molecule has 0 amide bonds. The van der Waals surface area contributed by atoms with E-state index in [1.165, 1.54) is 16.7 Å². The van der Waals surface area contributed by atoms with E-state index in [9.17, 15) is 0 Å². The third-order valence-electron chi connectivity index (χ3n) is 4.03. The van der Waals surface area contributed by atoms with E-state index in [1.807, 2.05) is 6.07 Å². The van der Waals surface area contributed by atoms with Crippen molar-refractivity contribution in [2.24, 2.45) is 0 Å². The molecule has 0 aliphatic carbocycles. The summed E-state index contributed by atoms with van der Waals surface area (Å²) in [6.45, 7) is 8.05. The zero-order valence-electron chi connectivity index (χ0n) is 12.9. The zero-order valence-corrected chi connectivity index (χ0v) is 12.9. The Morgan fingerprint density at radius 1 is 1.19 bits per heavy atom. The third kappa shape index (κ3) is 2.58. The van der Waals surface area contributed by atoms with Crippen LogP contribution in [0.2, 0.25) is 0 Å². The molecule has 0 saturated heterocycles. The number of rotatable bonds is 4. The van der Waals surface area contributed by atoms with Crippen LogP contribution in [0.15, 0.2) is 18.2 Å². The van der Waals surface area contributed by atoms with Crippen molar-refractivity contribution in [1.82, 2.24) is 10.2 Å². The number of aromatic nitrogens is 2. The molecule has 0 unspecified atom stereocenters. The second-order valence-electron chi connectivity index (χ2n) is 5.49. The third-order valence-corrected chi connectivity index (χ3v) is 4.03. The van der Waals surface area contributed by atoms with Crippen molar-refractivity contribution in [3.05, 3.63) is 34.9 Å². The van der Waals surface area contributed by atoms with Crippen LogP contribution < -0.4 is 10.1 Å². The SMILES string of the molecule is CCCNc1nnc(-c2ccc3c(c2)CCO3)c(C)c1C. The van der Waals surface area contributed by atoms with Gasteiger partial charge in [-0.3, -0.25) is 0 Å². The van der Waals surface area contributed by atoms with Crippen LogP contribution in [-0.4, -0.2) is 23.3 Å². The maximum atomic E-state index is 5.56. The van der Waals surface area contributed by atoms with Gasteiger partial charge in [0.25, 0.3) is 0 Å². The lowest BCUT2D eigenvalue weighted by Crippen LogP contribution is -2.07. The van der Waals surface area contributed by atoms with Crippen molar-refractivity contribution in [1.29, 1.82) is 0 Å². The predicted molar refractivity (Wildman–Crippen MR) is 84.9 cm³/mol. The summed E-state index contributed by atoms with van der Waals surface area (Å²) in [4.78, 5) is 0. The standard InChI is InChI=1S/C17H21N3O/c1-4-8-18-17-12(3)11(2)16(19-20-17)14-5-6-15-13(10-14)7-9-21-15/h5-6,10H,4,7-9H2,1-3H3,(H,18,20). The molecule has 4 nitrogen and oxygen atoms in total. The molecule has 0 atom stereocenters. The molecule has 0 radical (unpaired) electrons. The molecule has 0 saturated carbocycles. The number of anilines is 1. The number of benzene rings is 1. The van der Waals surface area contributed by atoms with Crippen molar-refractivity contribution < 1.29 is 4.74 Å². The molecule has 1 aliphatic rings. The van der Waals surface area contributed by atoms with Crippen LogP contribution in [0, 0.1) is 13.8 Å². The van der Waals surface area contributed by atoms with Crippen LogP contribution >= 0.6 is 0 Å². The highest BCUT2D eigenvalue weighted by molar-refractivity contribution is 5.68. The quantitative estimate of drug-likeness (QED) is 0.932. The van der Waals surface area contributed by atoms with Crippen molar-refractivity contribution in [2.75, 3.05) is 18.5 Å². The zero-order chi connectivity index (χ0) is 14.8. The summed E-state index contributed by atoms with van der Waals surface area (Å²) >= 11 is 0. The number of fused-ring (bicyclic) bond motifs is 1. The summed E-state index contributed by atoms with van der Waals surface area (Å²) in [6, 6.07) is 6.29. The Morgan fingerprint density at radius 3 is 2.86 bits per heavy atom. The molecule has 2 heterocycles. The molecule has 1 aliphatic heterocycles. The Kier molecular flexibility index (Phi) is 3.78. The molecular formula is C17H21N3O. The fraction of sp³-hybridized carbons (Fsp3) is 0.412. The minimum Gasteiger partial charge on any atom is -0.493 e. The largest absolute Gasteiger partial charge is 0.493 e. The first kappa shape index (κ1) is 13.9. The summed E-state index contributed by atoms with van der Waals surface area (Å²) < 4.78 is 5.56. The summed E-state index contributed by atoms with van der Waals surface area (Å²) in [5.41, 5.74) is 5.70. The summed E-state index contributed by atoms with van der Waals surface area (Å²) in [7, 11) is 0. The van der Waals surface area contributed by atoms with E-state index in [4.69, 9.17) is 4.74 Å². The number of hydrogen-bond acceptors (Lipinski definition) is 4. The normalized spacial score (nSPS) is 12.9. The fourth-order valence-corrected chi connectivity index (χ4v) is 2.62. The summed E-state index contributed by atoms with van der Waals surface area (Å²) in [5.74, 6) is 1.89. The minimum atomic E-state index is 0.780. The van der Waals surface area contributed by atoms with Gasteiger partial charge in [0.05, 0.1) is 12.3 Å². The van der Waals surface area contributed by atoms with Gasteiger partial charge in [-0.05, 0) is 55.2 Å². The molecule has 1 aromatic carbocycles. The highest BCUT2D eigenvalue weighted by Gasteiger charge is 2.16. The molecular weight excluding hydrogens is 262 g/mol. The number of nitrogens with zero attached hydrogens (tertiary/aromatic N) is 2. The second kappa shape index (κ2) is 5.72. The Morgan fingerprint density at radius 2 is 2.05 bits per heavy atom.